The summed E-state index contributed by atoms with van der Waals surface area (Å²) in [5.41, 5.74) is 3.46. The summed E-state index contributed by atoms with van der Waals surface area (Å²) in [6.45, 7) is 4.01. The van der Waals surface area contributed by atoms with Gasteiger partial charge in [0.1, 0.15) is 0 Å². The molecule has 3 heterocycles. The number of nitriles is 1. The SMILES string of the molecule is Cc1ccc([N+](=O)[O-])cc1C(=O)N[C@H]1CCCN(Cc2cnn3ccc(C#N)cc23)C1. The number of carbonyl (C=O) groups excluding carboxylic acids is 1. The van der Waals surface area contributed by atoms with Gasteiger partial charge in [-0.1, -0.05) is 6.07 Å². The number of nitro groups is 1. The van der Waals surface area contributed by atoms with Gasteiger partial charge in [0.2, 0.25) is 0 Å². The molecule has 3 aromatic rings. The Labute approximate surface area is 179 Å². The zero-order chi connectivity index (χ0) is 22.0. The average Bonchev–Trinajstić information content (AvgIpc) is 3.15. The van der Waals surface area contributed by atoms with Gasteiger partial charge in [0.25, 0.3) is 11.6 Å². The lowest BCUT2D eigenvalue weighted by molar-refractivity contribution is -0.384. The molecule has 9 heteroatoms. The van der Waals surface area contributed by atoms with Crippen LogP contribution in [-0.4, -0.2) is 44.5 Å². The first kappa shape index (κ1) is 20.5. The first-order valence-corrected chi connectivity index (χ1v) is 10.1. The van der Waals surface area contributed by atoms with Crippen LogP contribution < -0.4 is 5.32 Å². The molecule has 0 bridgehead atoms. The van der Waals surface area contributed by atoms with Crippen LogP contribution in [0.25, 0.3) is 5.52 Å². The summed E-state index contributed by atoms with van der Waals surface area (Å²) in [6.07, 6.45) is 5.37. The lowest BCUT2D eigenvalue weighted by Gasteiger charge is -2.33. The van der Waals surface area contributed by atoms with Gasteiger partial charge in [-0.25, -0.2) is 4.52 Å². The van der Waals surface area contributed by atoms with Crippen molar-refractivity contribution >= 4 is 17.1 Å². The third-order valence-electron chi connectivity index (χ3n) is 5.64. The third-order valence-corrected chi connectivity index (χ3v) is 5.64. The van der Waals surface area contributed by atoms with E-state index in [0.29, 0.717) is 29.8 Å². The molecule has 158 valence electrons. The van der Waals surface area contributed by atoms with Crippen LogP contribution in [0.15, 0.2) is 42.7 Å². The summed E-state index contributed by atoms with van der Waals surface area (Å²) in [6, 6.07) is 10.0. The number of piperidine rings is 1. The molecule has 0 saturated carbocycles. The van der Waals surface area contributed by atoms with Crippen LogP contribution in [0.1, 0.15) is 39.9 Å². The molecule has 0 aliphatic carbocycles. The van der Waals surface area contributed by atoms with Crippen LogP contribution in [0.2, 0.25) is 0 Å². The van der Waals surface area contributed by atoms with Crippen molar-refractivity contribution < 1.29 is 9.72 Å². The predicted octanol–water partition coefficient (Wildman–Crippen LogP) is 2.82. The Kier molecular flexibility index (Phi) is 5.64. The molecular formula is C22H22N6O3. The van der Waals surface area contributed by atoms with Crippen LogP contribution >= 0.6 is 0 Å². The molecule has 0 unspecified atom stereocenters. The fourth-order valence-corrected chi connectivity index (χ4v) is 4.01. The molecular weight excluding hydrogens is 396 g/mol. The van der Waals surface area contributed by atoms with Gasteiger partial charge in [-0.3, -0.25) is 19.8 Å². The number of nitrogens with one attached hydrogen (secondary N) is 1. The predicted molar refractivity (Wildman–Crippen MR) is 114 cm³/mol. The highest BCUT2D eigenvalue weighted by atomic mass is 16.6. The minimum absolute atomic E-state index is 0.0450. The van der Waals surface area contributed by atoms with E-state index in [-0.39, 0.29) is 17.6 Å². The molecule has 9 nitrogen and oxygen atoms in total. The number of hydrogen-bond donors (Lipinski definition) is 1. The van der Waals surface area contributed by atoms with Crippen molar-refractivity contribution in [2.24, 2.45) is 0 Å². The summed E-state index contributed by atoms with van der Waals surface area (Å²) in [4.78, 5) is 25.6. The molecule has 0 spiro atoms. The van der Waals surface area contributed by atoms with E-state index in [1.54, 1.807) is 29.8 Å². The molecule has 1 aromatic carbocycles. The van der Waals surface area contributed by atoms with Crippen molar-refractivity contribution in [2.75, 3.05) is 13.1 Å². The standard InChI is InChI=1S/C22H22N6O3/c1-15-4-5-19(28(30)31)10-20(15)22(29)25-18-3-2-7-26(14-18)13-17-12-24-27-8-6-16(11-23)9-21(17)27/h4-6,8-10,12,18H,2-3,7,13-14H2,1H3,(H,25,29)/t18-/m0/s1. The Bertz CT molecular complexity index is 1200. The zero-order valence-electron chi connectivity index (χ0n) is 17.1. The topological polar surface area (TPSA) is 117 Å². The Hall–Kier alpha value is -3.77. The number of nitro benzene ring substituents is 1. The zero-order valence-corrected chi connectivity index (χ0v) is 17.1. The van der Waals surface area contributed by atoms with Crippen molar-refractivity contribution in [3.8, 4) is 6.07 Å². The van der Waals surface area contributed by atoms with Gasteiger partial charge in [-0.15, -0.1) is 0 Å². The lowest BCUT2D eigenvalue weighted by atomic mass is 10.0. The molecule has 1 aliphatic rings. The second-order valence-electron chi connectivity index (χ2n) is 7.83. The molecule has 0 radical (unpaired) electrons. The van der Waals surface area contributed by atoms with Crippen molar-refractivity contribution in [3.63, 3.8) is 0 Å². The van der Waals surface area contributed by atoms with Crippen molar-refractivity contribution in [1.29, 1.82) is 5.26 Å². The van der Waals surface area contributed by atoms with Gasteiger partial charge in [-0.2, -0.15) is 10.4 Å². The third kappa shape index (κ3) is 4.39. The molecule has 1 aliphatic heterocycles. The Morgan fingerprint density at radius 1 is 1.39 bits per heavy atom. The fraction of sp³-hybridized carbons (Fsp3) is 0.318. The molecule has 1 N–H and O–H groups in total. The number of benzene rings is 1. The number of non-ortho nitro benzene ring substituents is 1. The van der Waals surface area contributed by atoms with E-state index in [4.69, 9.17) is 5.26 Å². The highest BCUT2D eigenvalue weighted by molar-refractivity contribution is 5.96. The van der Waals surface area contributed by atoms with E-state index in [0.717, 1.165) is 30.5 Å². The number of aryl methyl sites for hydroxylation is 1. The number of nitrogens with zero attached hydrogens (tertiary/aromatic N) is 5. The van der Waals surface area contributed by atoms with E-state index in [1.165, 1.54) is 12.1 Å². The second-order valence-corrected chi connectivity index (χ2v) is 7.83. The van der Waals surface area contributed by atoms with Gasteiger partial charge < -0.3 is 5.32 Å². The quantitative estimate of drug-likeness (QED) is 0.503. The number of pyridine rings is 1. The van der Waals surface area contributed by atoms with E-state index < -0.39 is 4.92 Å². The van der Waals surface area contributed by atoms with Crippen molar-refractivity contribution in [2.45, 2.75) is 32.4 Å². The minimum Gasteiger partial charge on any atom is -0.348 e. The van der Waals surface area contributed by atoms with Gasteiger partial charge in [-0.05, 0) is 44.0 Å². The number of rotatable bonds is 5. The highest BCUT2D eigenvalue weighted by Crippen LogP contribution is 2.20. The molecule has 1 atom stereocenters. The maximum atomic E-state index is 12.8. The van der Waals surface area contributed by atoms with Crippen LogP contribution in [0, 0.1) is 28.4 Å². The Morgan fingerprint density at radius 2 is 2.23 bits per heavy atom. The number of likely N-dealkylation sites (tertiary alicyclic amines) is 1. The van der Waals surface area contributed by atoms with Crippen molar-refractivity contribution in [3.05, 3.63) is 75.1 Å². The van der Waals surface area contributed by atoms with Crippen LogP contribution in [0.4, 0.5) is 5.69 Å². The Balaban J connectivity index is 1.45. The summed E-state index contributed by atoms with van der Waals surface area (Å²) < 4.78 is 1.75. The first-order chi connectivity index (χ1) is 14.9. The van der Waals surface area contributed by atoms with E-state index in [1.807, 2.05) is 12.3 Å². The average molecular weight is 418 g/mol. The van der Waals surface area contributed by atoms with Crippen LogP contribution in [0.5, 0.6) is 0 Å². The van der Waals surface area contributed by atoms with E-state index in [2.05, 4.69) is 21.4 Å². The summed E-state index contributed by atoms with van der Waals surface area (Å²) >= 11 is 0. The van der Waals surface area contributed by atoms with Crippen molar-refractivity contribution in [1.82, 2.24) is 19.8 Å². The lowest BCUT2D eigenvalue weighted by Crippen LogP contribution is -2.47. The molecule has 1 saturated heterocycles. The highest BCUT2D eigenvalue weighted by Gasteiger charge is 2.24. The number of amides is 1. The number of fused-ring (bicyclic) bond motifs is 1. The smallest absolute Gasteiger partial charge is 0.270 e. The second kappa shape index (κ2) is 8.53. The summed E-state index contributed by atoms with van der Waals surface area (Å²) in [5.74, 6) is -0.289. The largest absolute Gasteiger partial charge is 0.348 e. The van der Waals surface area contributed by atoms with Gasteiger partial charge >= 0.3 is 0 Å². The molecule has 1 fully saturated rings. The van der Waals surface area contributed by atoms with E-state index in [9.17, 15) is 14.9 Å². The maximum Gasteiger partial charge on any atom is 0.270 e. The monoisotopic (exact) mass is 418 g/mol. The molecule has 31 heavy (non-hydrogen) atoms. The molecule has 2 aromatic heterocycles. The van der Waals surface area contributed by atoms with Gasteiger partial charge in [0.05, 0.1) is 28.3 Å². The maximum absolute atomic E-state index is 12.8. The molecule has 1 amide bonds. The van der Waals surface area contributed by atoms with Gasteiger partial charge in [0.15, 0.2) is 0 Å². The number of aromatic nitrogens is 2. The molecule has 4 rings (SSSR count). The summed E-state index contributed by atoms with van der Waals surface area (Å²) in [5, 5.41) is 27.6. The Morgan fingerprint density at radius 3 is 3.00 bits per heavy atom. The minimum atomic E-state index is -0.494. The van der Waals surface area contributed by atoms with Crippen LogP contribution in [-0.2, 0) is 6.54 Å². The van der Waals surface area contributed by atoms with Crippen LogP contribution in [0.3, 0.4) is 0 Å². The van der Waals surface area contributed by atoms with E-state index >= 15 is 0 Å². The number of carbonyl (C=O) groups is 1. The van der Waals surface area contributed by atoms with Gasteiger partial charge in [0, 0.05) is 48.6 Å². The normalized spacial score (nSPS) is 16.7. The first-order valence-electron chi connectivity index (χ1n) is 10.1. The number of hydrogen-bond acceptors (Lipinski definition) is 6. The fourth-order valence-electron chi connectivity index (χ4n) is 4.01. The summed E-state index contributed by atoms with van der Waals surface area (Å²) in [7, 11) is 0.